The number of hydrogen-bond donors (Lipinski definition) is 6. The number of allylic oxidation sites excluding steroid dienone is 1. The summed E-state index contributed by atoms with van der Waals surface area (Å²) in [5, 5.41) is 55.7. The minimum absolute atomic E-state index is 0.0386. The Kier molecular flexibility index (Phi) is 16.9. The molecule has 5 rings (SSSR count). The molecule has 0 aromatic heterocycles. The maximum absolute atomic E-state index is 14.6. The normalized spacial score (nSPS) is 33.8. The van der Waals surface area contributed by atoms with E-state index in [2.05, 4.69) is 46.0 Å². The fourth-order valence-corrected chi connectivity index (χ4v) is 12.7. The molecule has 2 unspecified atom stereocenters. The van der Waals surface area contributed by atoms with Crippen LogP contribution in [-0.4, -0.2) is 118 Å². The van der Waals surface area contributed by atoms with Crippen LogP contribution in [0, 0.1) is 46.3 Å². The summed E-state index contributed by atoms with van der Waals surface area (Å²) in [5.74, 6) is 2.88. The van der Waals surface area contributed by atoms with Crippen molar-refractivity contribution in [3.8, 4) is 0 Å². The predicted octanol–water partition coefficient (Wildman–Crippen LogP) is 5.53. The zero-order valence-electron chi connectivity index (χ0n) is 36.2. The number of amides is 2. The third-order valence-corrected chi connectivity index (χ3v) is 16.0. The number of rotatable bonds is 19. The second kappa shape index (κ2) is 20.8. The smallest absolute Gasteiger partial charge is 0.255 e. The summed E-state index contributed by atoms with van der Waals surface area (Å²) in [4.78, 5) is 30.4. The lowest BCUT2D eigenvalue weighted by atomic mass is 9.46. The summed E-state index contributed by atoms with van der Waals surface area (Å²) in [5.41, 5.74) is 1.64. The van der Waals surface area contributed by atoms with Crippen LogP contribution in [0.4, 0.5) is 0 Å². The van der Waals surface area contributed by atoms with Gasteiger partial charge in [-0.25, -0.2) is 0 Å². The maximum Gasteiger partial charge on any atom is 0.255 e. The van der Waals surface area contributed by atoms with Crippen molar-refractivity contribution in [2.75, 3.05) is 33.5 Å². The number of nitrogens with zero attached hydrogens (tertiary/aromatic N) is 1. The predicted molar refractivity (Wildman–Crippen MR) is 221 cm³/mol. The first kappa shape index (κ1) is 46.5. The van der Waals surface area contributed by atoms with E-state index in [1.54, 1.807) is 7.11 Å². The minimum Gasteiger partial charge on any atom is -0.394 e. The Morgan fingerprint density at radius 1 is 0.895 bits per heavy atom. The van der Waals surface area contributed by atoms with Crippen molar-refractivity contribution in [2.45, 2.75) is 186 Å². The van der Waals surface area contributed by atoms with E-state index < -0.39 is 49.0 Å². The van der Waals surface area contributed by atoms with E-state index in [-0.39, 0.29) is 30.6 Å². The average molecular weight is 805 g/mol. The van der Waals surface area contributed by atoms with E-state index in [1.165, 1.54) is 55.4 Å². The van der Waals surface area contributed by atoms with Gasteiger partial charge in [-0.1, -0.05) is 91.2 Å². The Morgan fingerprint density at radius 2 is 1.61 bits per heavy atom. The molecular weight excluding hydrogens is 725 g/mol. The highest BCUT2D eigenvalue weighted by atomic mass is 16.5. The van der Waals surface area contributed by atoms with Gasteiger partial charge in [-0.3, -0.25) is 9.59 Å². The van der Waals surface area contributed by atoms with Gasteiger partial charge in [-0.15, -0.1) is 0 Å². The molecule has 5 aliphatic carbocycles. The maximum atomic E-state index is 14.6. The van der Waals surface area contributed by atoms with Gasteiger partial charge < -0.3 is 45.2 Å². The molecule has 0 spiro atoms. The summed E-state index contributed by atoms with van der Waals surface area (Å²) in [7, 11) is 1.56. The van der Waals surface area contributed by atoms with E-state index in [9.17, 15) is 35.1 Å². The third-order valence-electron chi connectivity index (χ3n) is 16.0. The van der Waals surface area contributed by atoms with Gasteiger partial charge in [0.25, 0.3) is 5.91 Å². The lowest BCUT2D eigenvalue weighted by molar-refractivity contribution is -0.168. The number of aliphatic hydroxyl groups excluding tert-OH is 5. The first-order valence-electron chi connectivity index (χ1n) is 22.9. The number of carbonyl (C=O) groups excluding carboxylic acids is 2. The molecule has 328 valence electrons. The number of aliphatic hydroxyl groups is 5. The molecule has 2 amide bonds. The van der Waals surface area contributed by atoms with Gasteiger partial charge in [-0.2, -0.15) is 0 Å². The van der Waals surface area contributed by atoms with Crippen molar-refractivity contribution < 1.29 is 44.6 Å². The second-order valence-electron chi connectivity index (χ2n) is 19.9. The number of hydrogen-bond acceptors (Lipinski definition) is 9. The summed E-state index contributed by atoms with van der Waals surface area (Å²) < 4.78 is 11.2. The second-order valence-corrected chi connectivity index (χ2v) is 19.9. The molecule has 6 N–H and O–H groups in total. The van der Waals surface area contributed by atoms with Crippen molar-refractivity contribution in [1.82, 2.24) is 10.2 Å². The number of fused-ring (bicyclic) bond motifs is 5. The molecular formula is C46H80N2O9. The van der Waals surface area contributed by atoms with Crippen LogP contribution >= 0.6 is 0 Å². The SMILES string of the molecule is COCCOCC(C(=O)NC1CCCCCC1)N(C(=O)[C@H](O)[C@@H](O)[C@H](O)[C@H](O)CO)C1CC[C@@]2(C)C(=CC[C@H]3[C@@H]4CC[C@H]([C@H](C)CCCC(C)C)[C@@]4(C)CC[C@@H]32)C1. The highest BCUT2D eigenvalue weighted by Gasteiger charge is 2.59. The average Bonchev–Trinajstić information content (AvgIpc) is 3.35. The van der Waals surface area contributed by atoms with Crippen molar-refractivity contribution in [3.05, 3.63) is 11.6 Å². The van der Waals surface area contributed by atoms with Crippen LogP contribution in [-0.2, 0) is 19.1 Å². The number of carbonyl (C=O) groups is 2. The van der Waals surface area contributed by atoms with Gasteiger partial charge in [-0.05, 0) is 111 Å². The lowest BCUT2D eigenvalue weighted by Crippen LogP contribution is -2.63. The van der Waals surface area contributed by atoms with Crippen LogP contribution in [0.15, 0.2) is 11.6 Å². The van der Waals surface area contributed by atoms with Crippen LogP contribution in [0.5, 0.6) is 0 Å². The molecule has 0 heterocycles. The zero-order valence-corrected chi connectivity index (χ0v) is 36.2. The molecule has 0 saturated heterocycles. The summed E-state index contributed by atoms with van der Waals surface area (Å²) in [6.07, 6.45) is 12.4. The number of ether oxygens (including phenoxy) is 2. The largest absolute Gasteiger partial charge is 0.394 e. The monoisotopic (exact) mass is 805 g/mol. The van der Waals surface area contributed by atoms with E-state index >= 15 is 0 Å². The van der Waals surface area contributed by atoms with Crippen LogP contribution < -0.4 is 5.32 Å². The Hall–Kier alpha value is -1.60. The van der Waals surface area contributed by atoms with Gasteiger partial charge in [0.2, 0.25) is 5.91 Å². The fraction of sp³-hybridized carbons (Fsp3) is 0.913. The van der Waals surface area contributed by atoms with Crippen LogP contribution in [0.2, 0.25) is 0 Å². The molecule has 5 aliphatic rings. The van der Waals surface area contributed by atoms with Crippen molar-refractivity contribution in [1.29, 1.82) is 0 Å². The van der Waals surface area contributed by atoms with Gasteiger partial charge >= 0.3 is 0 Å². The Morgan fingerprint density at radius 3 is 2.28 bits per heavy atom. The molecule has 4 saturated carbocycles. The molecule has 0 aromatic rings. The van der Waals surface area contributed by atoms with Crippen LogP contribution in [0.1, 0.15) is 144 Å². The molecule has 0 radical (unpaired) electrons. The van der Waals surface area contributed by atoms with E-state index in [4.69, 9.17) is 9.47 Å². The summed E-state index contributed by atoms with van der Waals surface area (Å²) >= 11 is 0. The fourth-order valence-electron chi connectivity index (χ4n) is 12.7. The summed E-state index contributed by atoms with van der Waals surface area (Å²) in [6.45, 7) is 11.7. The molecule has 13 atom stereocenters. The Labute approximate surface area is 343 Å². The Bertz CT molecular complexity index is 1320. The first-order chi connectivity index (χ1) is 27.2. The standard InChI is InChI=1S/C46H80N2O9/c1-29(2)12-11-13-30(3)35-18-19-36-34-17-16-31-26-33(20-22-45(31,4)37(34)21-23-46(35,36)5)48(44(55)42(53)41(52)40(51)39(50)27-49)38(28-57-25-24-56-6)43(54)47-32-14-9-7-8-10-15-32/h16,29-30,32-42,49-53H,7-15,17-28H2,1-6H3,(H,47,54)/t30-,33?,34+,35-,36+,37+,38?,39-,40-,41+,42-,45+,46-/m1/s1. The lowest BCUT2D eigenvalue weighted by Gasteiger charge is -2.59. The first-order valence-corrected chi connectivity index (χ1v) is 22.9. The molecule has 4 fully saturated rings. The summed E-state index contributed by atoms with van der Waals surface area (Å²) in [6, 6.07) is -1.63. The molecule has 11 heteroatoms. The van der Waals surface area contributed by atoms with Crippen molar-refractivity contribution in [2.24, 2.45) is 46.3 Å². The van der Waals surface area contributed by atoms with Gasteiger partial charge in [0, 0.05) is 19.2 Å². The van der Waals surface area contributed by atoms with Crippen LogP contribution in [0.25, 0.3) is 0 Å². The van der Waals surface area contributed by atoms with Crippen molar-refractivity contribution in [3.63, 3.8) is 0 Å². The van der Waals surface area contributed by atoms with E-state index in [1.807, 2.05) is 0 Å². The number of nitrogens with one attached hydrogen (secondary N) is 1. The molecule has 0 bridgehead atoms. The van der Waals surface area contributed by atoms with Crippen LogP contribution in [0.3, 0.4) is 0 Å². The highest BCUT2D eigenvalue weighted by Crippen LogP contribution is 2.67. The highest BCUT2D eigenvalue weighted by molar-refractivity contribution is 5.90. The molecule has 0 aromatic carbocycles. The van der Waals surface area contributed by atoms with E-state index in [0.29, 0.717) is 42.6 Å². The number of methoxy groups -OCH3 is 1. The molecule has 11 nitrogen and oxygen atoms in total. The van der Waals surface area contributed by atoms with Gasteiger partial charge in [0.05, 0.1) is 26.4 Å². The van der Waals surface area contributed by atoms with Crippen molar-refractivity contribution >= 4 is 11.8 Å². The molecule has 57 heavy (non-hydrogen) atoms. The minimum atomic E-state index is -2.15. The zero-order chi connectivity index (χ0) is 41.5. The molecule has 0 aliphatic heterocycles. The van der Waals surface area contributed by atoms with Gasteiger partial charge in [0.15, 0.2) is 6.10 Å². The quantitative estimate of drug-likeness (QED) is 0.0559. The Balaban J connectivity index is 1.41. The topological polar surface area (TPSA) is 169 Å². The third kappa shape index (κ3) is 10.5. The van der Waals surface area contributed by atoms with E-state index in [0.717, 1.165) is 69.1 Å². The van der Waals surface area contributed by atoms with Gasteiger partial charge in [0.1, 0.15) is 24.4 Å².